The molecule has 0 fully saturated rings. The minimum atomic E-state index is -0.126. The Hall–Kier alpha value is -2.21. The molecule has 0 aliphatic carbocycles. The molecule has 0 spiro atoms. The highest BCUT2D eigenvalue weighted by molar-refractivity contribution is 7.07. The van der Waals surface area contributed by atoms with E-state index in [1.54, 1.807) is 35.9 Å². The number of anilines is 1. The summed E-state index contributed by atoms with van der Waals surface area (Å²) in [5, 5.41) is 9.53. The minimum absolute atomic E-state index is 0.0297. The molecule has 0 bridgehead atoms. The van der Waals surface area contributed by atoms with Crippen molar-refractivity contribution in [3.63, 3.8) is 0 Å². The first-order chi connectivity index (χ1) is 10.2. The van der Waals surface area contributed by atoms with Gasteiger partial charge in [0.25, 0.3) is 0 Å². The molecule has 0 saturated heterocycles. The van der Waals surface area contributed by atoms with Crippen molar-refractivity contribution in [1.82, 2.24) is 10.3 Å². The van der Waals surface area contributed by atoms with Gasteiger partial charge in [-0.25, -0.2) is 0 Å². The Labute approximate surface area is 127 Å². The number of hydrogen-bond donors (Lipinski definition) is 2. The Morgan fingerprint density at radius 3 is 2.62 bits per heavy atom. The summed E-state index contributed by atoms with van der Waals surface area (Å²) in [6, 6.07) is 5.45. The Bertz CT molecular complexity index is 570. The first kappa shape index (κ1) is 15.2. The summed E-state index contributed by atoms with van der Waals surface area (Å²) in [5.41, 5.74) is 1.88. The van der Waals surface area contributed by atoms with E-state index in [-0.39, 0.29) is 18.2 Å². The first-order valence-corrected chi connectivity index (χ1v) is 7.66. The summed E-state index contributed by atoms with van der Waals surface area (Å²) in [7, 11) is 0. The quantitative estimate of drug-likeness (QED) is 0.824. The van der Waals surface area contributed by atoms with Crippen LogP contribution in [0, 0.1) is 0 Å². The number of thiophene rings is 1. The number of nitrogens with one attached hydrogen (secondary N) is 2. The molecule has 2 aromatic rings. The lowest BCUT2D eigenvalue weighted by Crippen LogP contribution is -2.27. The second-order valence-corrected chi connectivity index (χ2v) is 5.30. The van der Waals surface area contributed by atoms with Crippen molar-refractivity contribution in [2.45, 2.75) is 19.3 Å². The van der Waals surface area contributed by atoms with Gasteiger partial charge in [-0.2, -0.15) is 11.3 Å². The van der Waals surface area contributed by atoms with Gasteiger partial charge in [0.15, 0.2) is 0 Å². The summed E-state index contributed by atoms with van der Waals surface area (Å²) in [4.78, 5) is 27.2. The van der Waals surface area contributed by atoms with Crippen molar-refractivity contribution in [1.29, 1.82) is 0 Å². The van der Waals surface area contributed by atoms with E-state index in [2.05, 4.69) is 15.6 Å². The van der Waals surface area contributed by atoms with Gasteiger partial charge in [0.2, 0.25) is 11.8 Å². The molecular weight excluding hydrogens is 286 g/mol. The van der Waals surface area contributed by atoms with Gasteiger partial charge in [0.1, 0.15) is 0 Å². The lowest BCUT2D eigenvalue weighted by Gasteiger charge is -2.06. The normalized spacial score (nSPS) is 10.1. The standard InChI is InChI=1S/C15H17N3O2S/c19-14(2-1-12-6-10-21-11-12)17-9-5-15(20)18-13-3-7-16-8-4-13/h3-4,6-8,10-11H,1-2,5,9H2,(H,17,19)(H,16,18,20). The van der Waals surface area contributed by atoms with Gasteiger partial charge in [0, 0.05) is 37.5 Å². The van der Waals surface area contributed by atoms with Gasteiger partial charge in [-0.15, -0.1) is 0 Å². The molecule has 2 rings (SSSR count). The third kappa shape index (κ3) is 5.74. The molecule has 6 heteroatoms. The van der Waals surface area contributed by atoms with Crippen LogP contribution in [0.1, 0.15) is 18.4 Å². The zero-order chi connectivity index (χ0) is 14.9. The Morgan fingerprint density at radius 2 is 1.90 bits per heavy atom. The van der Waals surface area contributed by atoms with Crippen LogP contribution in [-0.2, 0) is 16.0 Å². The van der Waals surface area contributed by atoms with E-state index in [0.717, 1.165) is 6.42 Å². The zero-order valence-electron chi connectivity index (χ0n) is 11.5. The summed E-state index contributed by atoms with van der Waals surface area (Å²) < 4.78 is 0. The smallest absolute Gasteiger partial charge is 0.226 e. The van der Waals surface area contributed by atoms with E-state index in [1.165, 1.54) is 5.56 Å². The number of carbonyl (C=O) groups excluding carboxylic acids is 2. The number of carbonyl (C=O) groups is 2. The van der Waals surface area contributed by atoms with Crippen molar-refractivity contribution in [2.24, 2.45) is 0 Å². The maximum Gasteiger partial charge on any atom is 0.226 e. The predicted octanol–water partition coefficient (Wildman–Crippen LogP) is 2.22. The van der Waals surface area contributed by atoms with E-state index in [1.807, 2.05) is 16.8 Å². The van der Waals surface area contributed by atoms with Gasteiger partial charge in [0.05, 0.1) is 0 Å². The van der Waals surface area contributed by atoms with Crippen molar-refractivity contribution in [3.05, 3.63) is 46.9 Å². The lowest BCUT2D eigenvalue weighted by molar-refractivity contribution is -0.121. The summed E-state index contributed by atoms with van der Waals surface area (Å²) >= 11 is 1.62. The molecular formula is C15H17N3O2S. The van der Waals surface area contributed by atoms with Crippen LogP contribution in [0.4, 0.5) is 5.69 Å². The molecule has 0 saturated carbocycles. The van der Waals surface area contributed by atoms with Crippen molar-refractivity contribution < 1.29 is 9.59 Å². The van der Waals surface area contributed by atoms with Gasteiger partial charge in [-0.05, 0) is 40.9 Å². The van der Waals surface area contributed by atoms with Crippen LogP contribution >= 0.6 is 11.3 Å². The van der Waals surface area contributed by atoms with Crippen LogP contribution < -0.4 is 10.6 Å². The molecule has 2 N–H and O–H groups in total. The van der Waals surface area contributed by atoms with Crippen LogP contribution in [0.3, 0.4) is 0 Å². The van der Waals surface area contributed by atoms with E-state index in [4.69, 9.17) is 0 Å². The lowest BCUT2D eigenvalue weighted by atomic mass is 10.2. The average Bonchev–Trinajstić information content (AvgIpc) is 2.99. The maximum absolute atomic E-state index is 11.7. The van der Waals surface area contributed by atoms with Gasteiger partial charge < -0.3 is 10.6 Å². The van der Waals surface area contributed by atoms with E-state index in [0.29, 0.717) is 18.7 Å². The van der Waals surface area contributed by atoms with Crippen LogP contribution in [0.5, 0.6) is 0 Å². The third-order valence-corrected chi connectivity index (χ3v) is 3.59. The molecule has 0 aromatic carbocycles. The molecule has 2 heterocycles. The van der Waals surface area contributed by atoms with Crippen LogP contribution in [-0.4, -0.2) is 23.3 Å². The fourth-order valence-electron chi connectivity index (χ4n) is 1.76. The van der Waals surface area contributed by atoms with Crippen LogP contribution in [0.25, 0.3) is 0 Å². The average molecular weight is 303 g/mol. The van der Waals surface area contributed by atoms with E-state index >= 15 is 0 Å². The van der Waals surface area contributed by atoms with Gasteiger partial charge >= 0.3 is 0 Å². The number of hydrogen-bond acceptors (Lipinski definition) is 4. The number of pyridine rings is 1. The molecule has 5 nitrogen and oxygen atoms in total. The maximum atomic E-state index is 11.7. The number of aryl methyl sites for hydroxylation is 1. The predicted molar refractivity (Wildman–Crippen MR) is 83.1 cm³/mol. The molecule has 0 aliphatic heterocycles. The highest BCUT2D eigenvalue weighted by Crippen LogP contribution is 2.08. The van der Waals surface area contributed by atoms with Crippen molar-refractivity contribution in [3.8, 4) is 0 Å². The van der Waals surface area contributed by atoms with Gasteiger partial charge in [-0.3, -0.25) is 14.6 Å². The topological polar surface area (TPSA) is 71.1 Å². The second-order valence-electron chi connectivity index (χ2n) is 4.52. The monoisotopic (exact) mass is 303 g/mol. The van der Waals surface area contributed by atoms with Crippen molar-refractivity contribution in [2.75, 3.05) is 11.9 Å². The SMILES string of the molecule is O=C(CCc1ccsc1)NCCC(=O)Nc1ccncc1. The highest BCUT2D eigenvalue weighted by Gasteiger charge is 2.05. The zero-order valence-corrected chi connectivity index (χ0v) is 12.4. The molecule has 2 amide bonds. The molecule has 0 aliphatic rings. The molecule has 110 valence electrons. The molecule has 0 radical (unpaired) electrons. The second kappa shape index (κ2) is 8.16. The van der Waals surface area contributed by atoms with E-state index in [9.17, 15) is 9.59 Å². The molecule has 0 atom stereocenters. The fraction of sp³-hybridized carbons (Fsp3) is 0.267. The number of aromatic nitrogens is 1. The Balaban J connectivity index is 1.60. The molecule has 2 aromatic heterocycles. The highest BCUT2D eigenvalue weighted by atomic mass is 32.1. The number of rotatable bonds is 7. The summed E-state index contributed by atoms with van der Waals surface area (Å²) in [5.74, 6) is -0.155. The first-order valence-electron chi connectivity index (χ1n) is 6.71. The number of amides is 2. The molecule has 0 unspecified atom stereocenters. The summed E-state index contributed by atoms with van der Waals surface area (Å²) in [6.45, 7) is 0.347. The largest absolute Gasteiger partial charge is 0.356 e. The summed E-state index contributed by atoms with van der Waals surface area (Å²) in [6.07, 6.45) is 4.66. The minimum Gasteiger partial charge on any atom is -0.356 e. The van der Waals surface area contributed by atoms with Crippen LogP contribution in [0.2, 0.25) is 0 Å². The Kier molecular flexibility index (Phi) is 5.90. The number of nitrogens with zero attached hydrogens (tertiary/aromatic N) is 1. The van der Waals surface area contributed by atoms with E-state index < -0.39 is 0 Å². The van der Waals surface area contributed by atoms with Gasteiger partial charge in [-0.1, -0.05) is 0 Å². The fourth-order valence-corrected chi connectivity index (χ4v) is 2.46. The molecule has 21 heavy (non-hydrogen) atoms. The van der Waals surface area contributed by atoms with Crippen molar-refractivity contribution >= 4 is 28.8 Å². The Morgan fingerprint density at radius 1 is 1.10 bits per heavy atom. The third-order valence-electron chi connectivity index (χ3n) is 2.86. The van der Waals surface area contributed by atoms with Crippen LogP contribution in [0.15, 0.2) is 41.4 Å².